The van der Waals surface area contributed by atoms with Crippen LogP contribution in [0.5, 0.6) is 0 Å². The molecule has 0 bridgehead atoms. The second-order valence-electron chi connectivity index (χ2n) is 2.27. The van der Waals surface area contributed by atoms with Crippen LogP contribution in [0.25, 0.3) is 0 Å². The van der Waals surface area contributed by atoms with Crippen molar-refractivity contribution in [1.82, 2.24) is 8.61 Å². The molecule has 0 aromatic heterocycles. The Morgan fingerprint density at radius 2 is 2.30 bits per heavy atom. The van der Waals surface area contributed by atoms with E-state index in [2.05, 4.69) is 14.5 Å². The lowest BCUT2D eigenvalue weighted by Crippen LogP contribution is -2.24. The van der Waals surface area contributed by atoms with Crippen molar-refractivity contribution in [2.75, 3.05) is 20.6 Å². The molecule has 0 aromatic rings. The van der Waals surface area contributed by atoms with Crippen molar-refractivity contribution >= 4 is 21.0 Å². The van der Waals surface area contributed by atoms with Crippen LogP contribution in [0.2, 0.25) is 0 Å². The van der Waals surface area contributed by atoms with Crippen LogP contribution >= 0.6 is 0 Å². The van der Waals surface area contributed by atoms with Crippen molar-refractivity contribution in [2.45, 2.75) is 6.04 Å². The molecular weight excluding hydrogens is 164 g/mol. The lowest BCUT2D eigenvalue weighted by Gasteiger charge is -2.12. The fourth-order valence-electron chi connectivity index (χ4n) is 0.909. The summed E-state index contributed by atoms with van der Waals surface area (Å²) in [5.74, 6) is 2.70. The Morgan fingerprint density at radius 3 is 2.50 bits per heavy atom. The molecular formula is C6H10N2S2. The van der Waals surface area contributed by atoms with Gasteiger partial charge in [-0.2, -0.15) is 0 Å². The molecule has 0 amide bonds. The maximum Gasteiger partial charge on any atom is 0.0955 e. The fourth-order valence-corrected chi connectivity index (χ4v) is 2.46. The molecule has 0 aliphatic carbocycles. The van der Waals surface area contributed by atoms with Crippen LogP contribution in [0, 0.1) is 12.3 Å². The van der Waals surface area contributed by atoms with E-state index in [1.54, 1.807) is 0 Å². The number of terminal acetylenes is 1. The zero-order valence-corrected chi connectivity index (χ0v) is 7.71. The van der Waals surface area contributed by atoms with E-state index in [0.717, 1.165) is 6.54 Å². The van der Waals surface area contributed by atoms with Crippen LogP contribution in [0.1, 0.15) is 0 Å². The fraction of sp³-hybridized carbons (Fsp3) is 0.667. The average Bonchev–Trinajstić information content (AvgIpc) is 2.17. The smallest absolute Gasteiger partial charge is 0.0955 e. The third-order valence-corrected chi connectivity index (χ3v) is 4.47. The van der Waals surface area contributed by atoms with Crippen molar-refractivity contribution in [2.24, 2.45) is 0 Å². The van der Waals surface area contributed by atoms with Gasteiger partial charge in [-0.3, -0.25) is 0 Å². The van der Waals surface area contributed by atoms with E-state index in [4.69, 9.17) is 17.6 Å². The first-order valence-electron chi connectivity index (χ1n) is 2.99. The van der Waals surface area contributed by atoms with Gasteiger partial charge in [0.25, 0.3) is 0 Å². The van der Waals surface area contributed by atoms with E-state index in [1.165, 1.54) is 0 Å². The predicted octanol–water partition coefficient (Wildman–Crippen LogP) is -0.224. The number of nitrogens with zero attached hydrogens (tertiary/aromatic N) is 2. The molecule has 10 heavy (non-hydrogen) atoms. The highest BCUT2D eigenvalue weighted by Gasteiger charge is 2.27. The molecule has 1 saturated heterocycles. The minimum Gasteiger partial charge on any atom is -0.235 e. The molecule has 1 rings (SSSR count). The molecule has 2 atom stereocenters. The Labute approximate surface area is 69.0 Å². The van der Waals surface area contributed by atoms with Gasteiger partial charge in [-0.25, -0.2) is 8.61 Å². The molecule has 0 N–H and O–H groups in total. The molecule has 2 unspecified atom stereocenters. The predicted molar refractivity (Wildman–Crippen MR) is 47.7 cm³/mol. The van der Waals surface area contributed by atoms with Gasteiger partial charge in [0.15, 0.2) is 0 Å². The maximum absolute atomic E-state index is 5.29. The standard InChI is InChI=1S/C6H10N2S2/c1-4-6-5-7(2)10(9)8(6)3/h1,6H,5H2,2-3H3. The van der Waals surface area contributed by atoms with E-state index >= 15 is 0 Å². The van der Waals surface area contributed by atoms with Crippen LogP contribution in [0.4, 0.5) is 0 Å². The van der Waals surface area contributed by atoms with Crippen LogP contribution in [0.3, 0.4) is 0 Å². The molecule has 0 spiro atoms. The highest BCUT2D eigenvalue weighted by molar-refractivity contribution is 8.26. The van der Waals surface area contributed by atoms with Crippen molar-refractivity contribution in [3.63, 3.8) is 0 Å². The molecule has 56 valence electrons. The van der Waals surface area contributed by atoms with Gasteiger partial charge in [-0.1, -0.05) is 5.92 Å². The summed E-state index contributed by atoms with van der Waals surface area (Å²) in [5, 5.41) is 0. The molecule has 2 nitrogen and oxygen atoms in total. The molecule has 1 aliphatic heterocycles. The topological polar surface area (TPSA) is 6.48 Å². The van der Waals surface area contributed by atoms with Gasteiger partial charge in [0, 0.05) is 23.4 Å². The maximum atomic E-state index is 5.29. The first-order valence-corrected chi connectivity index (χ1v) is 5.05. The lowest BCUT2D eigenvalue weighted by atomic mass is 10.3. The molecule has 1 heterocycles. The number of hydrogen-bond acceptors (Lipinski definition) is 1. The van der Waals surface area contributed by atoms with Gasteiger partial charge in [-0.05, 0) is 18.2 Å². The second-order valence-corrected chi connectivity index (χ2v) is 4.83. The third kappa shape index (κ3) is 1.23. The SMILES string of the molecule is C#CC1CN(C)S(=S)N1C. The first-order chi connectivity index (χ1) is 4.66. The summed E-state index contributed by atoms with van der Waals surface area (Å²) in [5.41, 5.74) is 0. The molecule has 1 aliphatic rings. The van der Waals surface area contributed by atoms with Crippen LogP contribution in [0.15, 0.2) is 0 Å². The molecule has 0 saturated carbocycles. The van der Waals surface area contributed by atoms with Crippen LogP contribution in [-0.4, -0.2) is 35.3 Å². The van der Waals surface area contributed by atoms with Crippen molar-refractivity contribution < 1.29 is 0 Å². The molecule has 1 fully saturated rings. The highest BCUT2D eigenvalue weighted by Crippen LogP contribution is 2.13. The van der Waals surface area contributed by atoms with E-state index < -0.39 is 0 Å². The Hall–Kier alpha value is 0.0500. The van der Waals surface area contributed by atoms with Crippen molar-refractivity contribution in [1.29, 1.82) is 0 Å². The molecule has 0 radical (unpaired) electrons. The van der Waals surface area contributed by atoms with Crippen molar-refractivity contribution in [3.05, 3.63) is 0 Å². The normalized spacial score (nSPS) is 36.1. The van der Waals surface area contributed by atoms with E-state index in [9.17, 15) is 0 Å². The van der Waals surface area contributed by atoms with Crippen molar-refractivity contribution in [3.8, 4) is 12.3 Å². The van der Waals surface area contributed by atoms with Crippen LogP contribution in [-0.2, 0) is 21.0 Å². The zero-order chi connectivity index (χ0) is 7.72. The first kappa shape index (κ1) is 8.15. The lowest BCUT2D eigenvalue weighted by molar-refractivity contribution is 0.483. The second kappa shape index (κ2) is 2.97. The van der Waals surface area contributed by atoms with E-state index in [-0.39, 0.29) is 15.9 Å². The zero-order valence-electron chi connectivity index (χ0n) is 6.07. The Bertz CT molecular complexity index is 196. The van der Waals surface area contributed by atoms with Gasteiger partial charge in [-0.15, -0.1) is 6.42 Å². The summed E-state index contributed by atoms with van der Waals surface area (Å²) in [6, 6.07) is 0.214. The van der Waals surface area contributed by atoms with Gasteiger partial charge in [0.1, 0.15) is 0 Å². The Morgan fingerprint density at radius 1 is 1.70 bits per heavy atom. The number of likely N-dealkylation sites (N-methyl/N-ethyl adjacent to an activating group) is 2. The van der Waals surface area contributed by atoms with E-state index in [0.29, 0.717) is 0 Å². The third-order valence-electron chi connectivity index (χ3n) is 1.57. The summed E-state index contributed by atoms with van der Waals surface area (Å²) in [6.45, 7) is 0.902. The molecule has 0 aromatic carbocycles. The number of hydrogen-bond donors (Lipinski definition) is 0. The highest BCUT2D eigenvalue weighted by atomic mass is 32.8. The van der Waals surface area contributed by atoms with Gasteiger partial charge < -0.3 is 0 Å². The summed E-state index contributed by atoms with van der Waals surface area (Å²) in [4.78, 5) is 0. The van der Waals surface area contributed by atoms with Gasteiger partial charge in [0.2, 0.25) is 0 Å². The Balaban J connectivity index is 2.73. The minimum absolute atomic E-state index is 0.185. The van der Waals surface area contributed by atoms with E-state index in [1.807, 2.05) is 14.1 Å². The van der Waals surface area contributed by atoms with Crippen LogP contribution < -0.4 is 0 Å². The van der Waals surface area contributed by atoms with Gasteiger partial charge >= 0.3 is 0 Å². The summed E-state index contributed by atoms with van der Waals surface area (Å²) >= 11 is 5.18. The average molecular weight is 174 g/mol. The minimum atomic E-state index is -0.185. The summed E-state index contributed by atoms with van der Waals surface area (Å²) < 4.78 is 4.15. The summed E-state index contributed by atoms with van der Waals surface area (Å²) in [7, 11) is 3.80. The monoisotopic (exact) mass is 174 g/mol. The number of rotatable bonds is 0. The molecule has 4 heteroatoms. The summed E-state index contributed by atoms with van der Waals surface area (Å²) in [6.07, 6.45) is 5.29. The quantitative estimate of drug-likeness (QED) is 0.469. The Kier molecular flexibility index (Phi) is 2.42. The largest absolute Gasteiger partial charge is 0.235 e. The van der Waals surface area contributed by atoms with Gasteiger partial charge in [0.05, 0.1) is 6.04 Å².